The number of nitrogens with zero attached hydrogens (tertiary/aromatic N) is 6. The first-order valence-electron chi connectivity index (χ1n) is 18.9. The number of amides is 2. The molecule has 2 aliphatic heterocycles. The molecular weight excluding hydrogens is 712 g/mol. The Labute approximate surface area is 324 Å². The van der Waals surface area contributed by atoms with Crippen LogP contribution in [0.4, 0.5) is 15.8 Å². The summed E-state index contributed by atoms with van der Waals surface area (Å²) in [6.45, 7) is 17.9. The number of unbranched alkanes of at least 4 members (excludes halogenated alkanes) is 1. The molecule has 12 heteroatoms. The van der Waals surface area contributed by atoms with Crippen LogP contribution in [0, 0.1) is 12.7 Å². The maximum Gasteiger partial charge on any atom is 0.338 e. The topological polar surface area (TPSA) is 118 Å². The van der Waals surface area contributed by atoms with E-state index in [1.54, 1.807) is 23.2 Å². The number of halogens is 1. The third kappa shape index (κ3) is 6.22. The van der Waals surface area contributed by atoms with Gasteiger partial charge >= 0.3 is 5.97 Å². The maximum atomic E-state index is 17.2. The maximum absolute atomic E-state index is 17.2. The molecule has 0 radical (unpaired) electrons. The molecular formula is C44H45FN6O5. The average molecular weight is 757 g/mol. The van der Waals surface area contributed by atoms with Crippen LogP contribution in [0.3, 0.4) is 0 Å². The third-order valence-corrected chi connectivity index (χ3v) is 10.9. The summed E-state index contributed by atoms with van der Waals surface area (Å²) >= 11 is 0. The molecule has 2 aliphatic rings. The lowest BCUT2D eigenvalue weighted by atomic mass is 9.94. The fraction of sp³-hybridized carbons (Fsp3) is 0.318. The van der Waals surface area contributed by atoms with Gasteiger partial charge in [0.1, 0.15) is 23.2 Å². The number of fused-ring (bicyclic) bond motifs is 6. The van der Waals surface area contributed by atoms with E-state index in [0.717, 1.165) is 17.4 Å². The molecule has 11 nitrogen and oxygen atoms in total. The van der Waals surface area contributed by atoms with Crippen LogP contribution in [-0.2, 0) is 19.1 Å². The number of aryl methyl sites for hydroxylation is 1. The Hall–Kier alpha value is -6.17. The zero-order valence-electron chi connectivity index (χ0n) is 32.6. The highest BCUT2D eigenvalue weighted by Gasteiger charge is 2.46. The molecule has 56 heavy (non-hydrogen) atoms. The van der Waals surface area contributed by atoms with Crippen molar-refractivity contribution in [1.29, 1.82) is 0 Å². The number of aromatic nitrogens is 3. The van der Waals surface area contributed by atoms with Gasteiger partial charge in [-0.05, 0) is 78.4 Å². The molecule has 0 spiro atoms. The quantitative estimate of drug-likeness (QED) is 0.0889. The molecule has 7 rings (SSSR count). The molecule has 1 saturated heterocycles. The van der Waals surface area contributed by atoms with Gasteiger partial charge in [0.05, 0.1) is 35.8 Å². The van der Waals surface area contributed by atoms with Crippen LogP contribution >= 0.6 is 0 Å². The molecule has 0 N–H and O–H groups in total. The number of hydrogen-bond acceptors (Lipinski definition) is 8. The summed E-state index contributed by atoms with van der Waals surface area (Å²) in [5.41, 5.74) is 2.83. The first kappa shape index (κ1) is 38.1. The van der Waals surface area contributed by atoms with E-state index in [-0.39, 0.29) is 66.1 Å². The first-order valence-corrected chi connectivity index (χ1v) is 18.9. The van der Waals surface area contributed by atoms with E-state index in [9.17, 15) is 14.4 Å². The van der Waals surface area contributed by atoms with Gasteiger partial charge in [-0.15, -0.1) is 0 Å². The number of likely N-dealkylation sites (N-methyl/N-ethyl adjacent to an activating group) is 1. The second-order valence-corrected chi connectivity index (χ2v) is 14.9. The number of carbonyl (C=O) groups excluding carboxylic acids is 3. The van der Waals surface area contributed by atoms with Gasteiger partial charge in [-0.3, -0.25) is 23.9 Å². The number of benzene rings is 2. The largest absolute Gasteiger partial charge is 0.462 e. The Balaban J connectivity index is 1.55. The predicted octanol–water partition coefficient (Wildman–Crippen LogP) is 7.10. The minimum Gasteiger partial charge on any atom is -0.462 e. The monoisotopic (exact) mass is 756 g/mol. The highest BCUT2D eigenvalue weighted by Crippen LogP contribution is 2.44. The molecule has 2 aromatic carbocycles. The summed E-state index contributed by atoms with van der Waals surface area (Å²) in [6, 6.07) is 12.9. The summed E-state index contributed by atoms with van der Waals surface area (Å²) in [7, 11) is 1.53. The van der Waals surface area contributed by atoms with Crippen LogP contribution in [0.1, 0.15) is 63.3 Å². The Bertz CT molecular complexity index is 2540. The number of piperazine rings is 1. The van der Waals surface area contributed by atoms with Crippen LogP contribution in [0.2, 0.25) is 0 Å². The minimum absolute atomic E-state index is 0.0463. The number of ether oxygens (including phenoxy) is 1. The summed E-state index contributed by atoms with van der Waals surface area (Å²) < 4.78 is 24.1. The van der Waals surface area contributed by atoms with Crippen molar-refractivity contribution >= 4 is 56.5 Å². The van der Waals surface area contributed by atoms with Crippen molar-refractivity contribution in [3.05, 3.63) is 107 Å². The molecule has 1 fully saturated rings. The van der Waals surface area contributed by atoms with Crippen LogP contribution in [0.5, 0.6) is 0 Å². The summed E-state index contributed by atoms with van der Waals surface area (Å²) in [4.78, 5) is 69.7. The smallest absolute Gasteiger partial charge is 0.338 e. The first-order chi connectivity index (χ1) is 26.8. The summed E-state index contributed by atoms with van der Waals surface area (Å²) in [5.74, 6) is -2.05. The Morgan fingerprint density at radius 1 is 1.05 bits per heavy atom. The SMILES string of the molecule is C=CC(=O)N1C[C@@H]2C(=O)N(C)c3c(c4cc(F)c(-c5cc(C(=C)C(=O)OCCCC)cc6ccccc56)nc4n(-c4c(C)ccnc4C(C)C)c3=O)N2C[C@H]1C. The van der Waals surface area contributed by atoms with Gasteiger partial charge in [0.25, 0.3) is 11.5 Å². The fourth-order valence-corrected chi connectivity index (χ4v) is 7.92. The Kier molecular flexibility index (Phi) is 10.1. The molecule has 2 amide bonds. The molecule has 5 aromatic rings. The van der Waals surface area contributed by atoms with Crippen LogP contribution in [-0.4, -0.2) is 76.0 Å². The van der Waals surface area contributed by atoms with Gasteiger partial charge in [-0.1, -0.05) is 64.6 Å². The van der Waals surface area contributed by atoms with E-state index in [0.29, 0.717) is 45.4 Å². The highest BCUT2D eigenvalue weighted by atomic mass is 19.1. The molecule has 2 atom stereocenters. The Morgan fingerprint density at radius 3 is 2.52 bits per heavy atom. The number of pyridine rings is 3. The van der Waals surface area contributed by atoms with Gasteiger partial charge in [0.2, 0.25) is 5.91 Å². The van der Waals surface area contributed by atoms with Crippen molar-refractivity contribution in [2.24, 2.45) is 0 Å². The lowest BCUT2D eigenvalue weighted by Gasteiger charge is -2.49. The number of esters is 1. The number of rotatable bonds is 9. The zero-order chi connectivity index (χ0) is 40.2. The van der Waals surface area contributed by atoms with Crippen molar-refractivity contribution < 1.29 is 23.5 Å². The minimum atomic E-state index is -0.844. The van der Waals surface area contributed by atoms with Crippen molar-refractivity contribution in [2.45, 2.75) is 65.5 Å². The van der Waals surface area contributed by atoms with E-state index in [4.69, 9.17) is 9.72 Å². The van der Waals surface area contributed by atoms with Gasteiger partial charge in [-0.25, -0.2) is 14.2 Å². The molecule has 5 heterocycles. The van der Waals surface area contributed by atoms with Gasteiger partial charge in [0, 0.05) is 36.8 Å². The lowest BCUT2D eigenvalue weighted by molar-refractivity contribution is -0.136. The molecule has 0 unspecified atom stereocenters. The standard InChI is InChI=1S/C44H45FN6O5/c1-9-11-18-56-44(55)27(7)29-19-28-14-12-13-15-30(28)31(20-29)37-33(45)21-32-39-40(48(8)42(53)34-23-49(35(52)10-2)26(6)22-50(34)39)43(54)51(41(32)47-37)38-25(5)16-17-46-36(38)24(3)4/h10,12-17,19-21,24,26,34H,2,7,9,11,18,22-23H2,1,3-6,8H3/t26-,34-/m1/s1. The van der Waals surface area contributed by atoms with E-state index >= 15 is 9.18 Å². The second kappa shape index (κ2) is 14.8. The van der Waals surface area contributed by atoms with Crippen LogP contribution < -0.4 is 15.4 Å². The molecule has 3 aromatic heterocycles. The predicted molar refractivity (Wildman–Crippen MR) is 218 cm³/mol. The third-order valence-electron chi connectivity index (χ3n) is 10.9. The fourth-order valence-electron chi connectivity index (χ4n) is 7.92. The van der Waals surface area contributed by atoms with E-state index in [1.807, 2.05) is 69.9 Å². The van der Waals surface area contributed by atoms with E-state index in [2.05, 4.69) is 18.1 Å². The van der Waals surface area contributed by atoms with Crippen molar-refractivity contribution in [3.63, 3.8) is 0 Å². The molecule has 0 saturated carbocycles. The van der Waals surface area contributed by atoms with Crippen molar-refractivity contribution in [1.82, 2.24) is 19.4 Å². The van der Waals surface area contributed by atoms with Crippen molar-refractivity contribution in [2.75, 3.05) is 36.5 Å². The second-order valence-electron chi connectivity index (χ2n) is 14.9. The average Bonchev–Trinajstić information content (AvgIpc) is 3.18. The molecule has 288 valence electrons. The molecule has 0 bridgehead atoms. The van der Waals surface area contributed by atoms with Crippen molar-refractivity contribution in [3.8, 4) is 16.9 Å². The number of anilines is 2. The summed E-state index contributed by atoms with van der Waals surface area (Å²) in [5, 5.41) is 1.70. The normalized spacial score (nSPS) is 16.6. The van der Waals surface area contributed by atoms with Gasteiger partial charge < -0.3 is 19.4 Å². The van der Waals surface area contributed by atoms with E-state index in [1.165, 1.54) is 28.7 Å². The van der Waals surface area contributed by atoms with Crippen LogP contribution in [0.15, 0.2) is 78.8 Å². The number of hydrogen-bond donors (Lipinski definition) is 0. The Morgan fingerprint density at radius 2 is 1.80 bits per heavy atom. The van der Waals surface area contributed by atoms with E-state index < -0.39 is 23.4 Å². The number of carbonyl (C=O) groups is 3. The zero-order valence-corrected chi connectivity index (χ0v) is 32.6. The van der Waals surface area contributed by atoms with Crippen LogP contribution in [0.25, 0.3) is 44.3 Å². The molecule has 0 aliphatic carbocycles. The highest BCUT2D eigenvalue weighted by molar-refractivity contribution is 6.17. The van der Waals surface area contributed by atoms with Gasteiger partial charge in [-0.2, -0.15) is 0 Å². The van der Waals surface area contributed by atoms with Gasteiger partial charge in [0.15, 0.2) is 5.65 Å². The summed E-state index contributed by atoms with van der Waals surface area (Å²) in [6.07, 6.45) is 4.47. The lowest BCUT2D eigenvalue weighted by Crippen LogP contribution is -2.66.